The van der Waals surface area contributed by atoms with Crippen LogP contribution in [0.2, 0.25) is 0 Å². The van der Waals surface area contributed by atoms with Crippen LogP contribution < -0.4 is 29.3 Å². The van der Waals surface area contributed by atoms with E-state index in [1.54, 1.807) is 0 Å². The predicted octanol–water partition coefficient (Wildman–Crippen LogP) is 0.597. The molecule has 4 heteroatoms. The number of benzene rings is 1. The van der Waals surface area contributed by atoms with Crippen molar-refractivity contribution in [2.24, 2.45) is 5.73 Å². The number of hydrogen-bond acceptors (Lipinski definition) is 2. The fraction of sp³-hybridized carbons (Fsp3) is 0.647. The molecule has 2 nitrogen and oxygen atoms in total. The van der Waals surface area contributed by atoms with E-state index >= 15 is 0 Å². The van der Waals surface area contributed by atoms with Crippen molar-refractivity contribution in [3.8, 4) is 5.75 Å². The summed E-state index contributed by atoms with van der Waals surface area (Å²) in [6, 6.07) is 8.08. The topological polar surface area (TPSA) is 35.2 Å². The van der Waals surface area contributed by atoms with Gasteiger partial charge in [-0.3, -0.25) is 0 Å². The van der Waals surface area contributed by atoms with Gasteiger partial charge in [-0.1, -0.05) is 64.0 Å². The molecule has 0 heterocycles. The first-order chi connectivity index (χ1) is 9.36. The molecule has 0 unspecified atom stereocenters. The summed E-state index contributed by atoms with van der Waals surface area (Å²) in [6.45, 7) is 3.69. The van der Waals surface area contributed by atoms with Crippen molar-refractivity contribution >= 4 is 17.4 Å². The fourth-order valence-corrected chi connectivity index (χ4v) is 2.15. The Morgan fingerprint density at radius 1 is 0.905 bits per heavy atom. The van der Waals surface area contributed by atoms with Crippen molar-refractivity contribution in [2.75, 3.05) is 6.61 Å². The van der Waals surface area contributed by atoms with E-state index in [0.717, 1.165) is 24.3 Å². The molecule has 0 aromatic heterocycles. The van der Waals surface area contributed by atoms with Crippen molar-refractivity contribution in [2.45, 2.75) is 64.8 Å². The summed E-state index contributed by atoms with van der Waals surface area (Å²) in [5.41, 5.74) is 6.71. The predicted molar refractivity (Wildman–Crippen MR) is 93.5 cm³/mol. The summed E-state index contributed by atoms with van der Waals surface area (Å²) < 4.78 is 5.71. The van der Waals surface area contributed by atoms with Crippen molar-refractivity contribution in [1.82, 2.24) is 0 Å². The average Bonchev–Trinajstić information content (AvgIpc) is 2.46. The maximum absolute atomic E-state index is 5.71. The zero-order chi connectivity index (χ0) is 13.8. The Morgan fingerprint density at radius 3 is 1.95 bits per heavy atom. The van der Waals surface area contributed by atoms with Gasteiger partial charge >= 0.3 is 18.9 Å². The van der Waals surface area contributed by atoms with Gasteiger partial charge in [0.05, 0.1) is 6.61 Å². The van der Waals surface area contributed by atoms with E-state index in [9.17, 15) is 0 Å². The molecule has 0 bridgehead atoms. The second-order valence-corrected chi connectivity index (χ2v) is 5.17. The van der Waals surface area contributed by atoms with Crippen LogP contribution in [0.5, 0.6) is 5.75 Å². The first-order valence-corrected chi connectivity index (χ1v) is 7.78. The SMILES string of the molecule is CCCCCCCCCCOc1ccc(CN)cc1.[AlH3].[H-].[Li+]. The van der Waals surface area contributed by atoms with Gasteiger partial charge in [-0.25, -0.2) is 0 Å². The first-order valence-electron chi connectivity index (χ1n) is 7.78. The Bertz CT molecular complexity index is 325. The van der Waals surface area contributed by atoms with Gasteiger partial charge in [0.2, 0.25) is 0 Å². The van der Waals surface area contributed by atoms with Crippen LogP contribution >= 0.6 is 0 Å². The molecule has 0 spiro atoms. The number of hydrogen-bond donors (Lipinski definition) is 1. The summed E-state index contributed by atoms with van der Waals surface area (Å²) in [7, 11) is 0. The minimum atomic E-state index is 0. The summed E-state index contributed by atoms with van der Waals surface area (Å²) >= 11 is 0. The van der Waals surface area contributed by atoms with Crippen LogP contribution in [0.3, 0.4) is 0 Å². The van der Waals surface area contributed by atoms with Crippen LogP contribution in [-0.4, -0.2) is 24.0 Å². The van der Waals surface area contributed by atoms with Gasteiger partial charge in [0.25, 0.3) is 0 Å². The zero-order valence-electron chi connectivity index (χ0n) is 14.4. The molecule has 0 aliphatic carbocycles. The molecule has 1 rings (SSSR count). The Balaban J connectivity index is -0.00000120. The quantitative estimate of drug-likeness (QED) is 0.480. The zero-order valence-corrected chi connectivity index (χ0v) is 13.4. The van der Waals surface area contributed by atoms with Crippen LogP contribution in [-0.2, 0) is 6.54 Å². The van der Waals surface area contributed by atoms with Gasteiger partial charge in [0, 0.05) is 6.54 Å². The molecule has 21 heavy (non-hydrogen) atoms. The van der Waals surface area contributed by atoms with E-state index in [-0.39, 0.29) is 37.6 Å². The molecule has 0 aliphatic rings. The summed E-state index contributed by atoms with van der Waals surface area (Å²) in [5, 5.41) is 0. The van der Waals surface area contributed by atoms with Crippen LogP contribution in [0.25, 0.3) is 0 Å². The summed E-state index contributed by atoms with van der Waals surface area (Å²) in [5.74, 6) is 0.958. The maximum atomic E-state index is 5.71. The van der Waals surface area contributed by atoms with Gasteiger partial charge in [0.1, 0.15) is 5.75 Å². The standard InChI is InChI=1S/C17H29NO.Al.Li.4H/c1-2-3-4-5-6-7-8-9-14-19-17-12-10-16(15-18)11-13-17;;;;;;/h10-13H,2-9,14-15,18H2,1H3;;;;;;/q;;+1;;;;-1. The Hall–Kier alpha value is 0.110. The number of nitrogens with two attached hydrogens (primary N) is 1. The van der Waals surface area contributed by atoms with E-state index in [0.29, 0.717) is 6.54 Å². The molecule has 0 saturated heterocycles. The van der Waals surface area contributed by atoms with Crippen molar-refractivity contribution in [1.29, 1.82) is 0 Å². The van der Waals surface area contributed by atoms with Gasteiger partial charge in [-0.2, -0.15) is 0 Å². The molecule has 0 saturated carbocycles. The molecule has 0 aliphatic heterocycles. The molecule has 1 aromatic rings. The third-order valence-corrected chi connectivity index (χ3v) is 3.43. The minimum Gasteiger partial charge on any atom is -1.00 e. The van der Waals surface area contributed by atoms with Crippen molar-refractivity contribution in [3.05, 3.63) is 29.8 Å². The van der Waals surface area contributed by atoms with Crippen molar-refractivity contribution in [3.63, 3.8) is 0 Å². The van der Waals surface area contributed by atoms with Gasteiger partial charge in [0.15, 0.2) is 17.4 Å². The van der Waals surface area contributed by atoms with E-state index in [4.69, 9.17) is 10.5 Å². The normalized spacial score (nSPS) is 9.62. The van der Waals surface area contributed by atoms with Gasteiger partial charge in [-0.05, 0) is 24.1 Å². The Kier molecular flexibility index (Phi) is 18.3. The third kappa shape index (κ3) is 12.3. The molecular weight excluding hydrogens is 268 g/mol. The molecule has 0 radical (unpaired) electrons. The van der Waals surface area contributed by atoms with Crippen LogP contribution in [0.1, 0.15) is 65.3 Å². The molecule has 0 fully saturated rings. The molecule has 0 amide bonds. The van der Waals surface area contributed by atoms with E-state index in [1.807, 2.05) is 24.3 Å². The second-order valence-electron chi connectivity index (χ2n) is 5.17. The molecule has 1 aromatic carbocycles. The third-order valence-electron chi connectivity index (χ3n) is 3.43. The fourth-order valence-electron chi connectivity index (χ4n) is 2.15. The summed E-state index contributed by atoms with van der Waals surface area (Å²) in [4.78, 5) is 0. The molecular formula is C17H33AlLiNO. The Morgan fingerprint density at radius 2 is 1.43 bits per heavy atom. The van der Waals surface area contributed by atoms with E-state index in [1.165, 1.54) is 44.9 Å². The molecule has 2 N–H and O–H groups in total. The van der Waals surface area contributed by atoms with Crippen molar-refractivity contribution < 1.29 is 25.0 Å². The number of ether oxygens (including phenoxy) is 1. The Labute approximate surface area is 155 Å². The van der Waals surface area contributed by atoms with E-state index < -0.39 is 0 Å². The first kappa shape index (κ1) is 23.4. The largest absolute Gasteiger partial charge is 1.00 e. The average molecular weight is 301 g/mol. The van der Waals surface area contributed by atoms with Crippen LogP contribution in [0.4, 0.5) is 0 Å². The van der Waals surface area contributed by atoms with Crippen LogP contribution in [0.15, 0.2) is 24.3 Å². The van der Waals surface area contributed by atoms with Crippen LogP contribution in [0, 0.1) is 0 Å². The second kappa shape index (κ2) is 16.5. The van der Waals surface area contributed by atoms with E-state index in [2.05, 4.69) is 6.92 Å². The monoisotopic (exact) mass is 301 g/mol. The molecule has 0 atom stereocenters. The molecule has 116 valence electrons. The number of rotatable bonds is 11. The van der Waals surface area contributed by atoms with Gasteiger partial charge in [-0.15, -0.1) is 0 Å². The smallest absolute Gasteiger partial charge is 1.00 e. The number of unbranched alkanes of at least 4 members (excludes halogenated alkanes) is 7. The summed E-state index contributed by atoms with van der Waals surface area (Å²) in [6.07, 6.45) is 10.7. The maximum Gasteiger partial charge on any atom is 1.00 e. The van der Waals surface area contributed by atoms with Gasteiger partial charge < -0.3 is 11.9 Å². The minimum absolute atomic E-state index is 0.